The Morgan fingerprint density at radius 1 is 1.28 bits per heavy atom. The van der Waals surface area contributed by atoms with Gasteiger partial charge in [0.25, 0.3) is 0 Å². The number of aldehydes is 1. The number of nitrogens with two attached hydrogens (primary N) is 2. The van der Waals surface area contributed by atoms with Gasteiger partial charge in [-0.1, -0.05) is 11.6 Å². The molecule has 2 rings (SSSR count). The van der Waals surface area contributed by atoms with E-state index < -0.39 is 17.8 Å². The summed E-state index contributed by atoms with van der Waals surface area (Å²) in [5.41, 5.74) is 5.58. The zero-order chi connectivity index (χ0) is 19.0. The maximum Gasteiger partial charge on any atom is 0.417 e. The van der Waals surface area contributed by atoms with Crippen molar-refractivity contribution in [1.29, 1.82) is 0 Å². The van der Waals surface area contributed by atoms with Crippen molar-refractivity contribution in [3.63, 3.8) is 0 Å². The summed E-state index contributed by atoms with van der Waals surface area (Å²) in [5.74, 6) is 4.62. The van der Waals surface area contributed by atoms with Gasteiger partial charge >= 0.3 is 12.2 Å². The molecule has 0 radical (unpaired) electrons. The summed E-state index contributed by atoms with van der Waals surface area (Å²) < 4.78 is 42.6. The first-order valence-corrected chi connectivity index (χ1v) is 6.77. The summed E-state index contributed by atoms with van der Waals surface area (Å²) in [7, 11) is 0. The number of amides is 2. The molecule has 134 valence electrons. The number of benzene rings is 1. The largest absolute Gasteiger partial charge is 0.438 e. The Morgan fingerprint density at radius 2 is 1.84 bits per heavy atom. The third kappa shape index (κ3) is 6.65. The van der Waals surface area contributed by atoms with Crippen LogP contribution >= 0.6 is 11.6 Å². The highest BCUT2D eigenvalue weighted by Crippen LogP contribution is 2.34. The van der Waals surface area contributed by atoms with Gasteiger partial charge in [-0.2, -0.15) is 13.2 Å². The summed E-state index contributed by atoms with van der Waals surface area (Å²) in [6.45, 7) is 0. The molecule has 0 bridgehead atoms. The maximum atomic E-state index is 12.4. The van der Waals surface area contributed by atoms with E-state index in [1.54, 1.807) is 5.43 Å². The van der Waals surface area contributed by atoms with Gasteiger partial charge in [-0.3, -0.25) is 10.2 Å². The van der Waals surface area contributed by atoms with E-state index in [9.17, 15) is 22.8 Å². The first kappa shape index (κ1) is 20.2. The van der Waals surface area contributed by atoms with Crippen LogP contribution in [0.2, 0.25) is 5.02 Å². The fraction of sp³-hybridized carbons (Fsp3) is 0.0714. The van der Waals surface area contributed by atoms with Crippen molar-refractivity contribution in [2.75, 3.05) is 0 Å². The molecule has 0 unspecified atom stereocenters. The van der Waals surface area contributed by atoms with Crippen LogP contribution < -0.4 is 21.7 Å². The van der Waals surface area contributed by atoms with Crippen molar-refractivity contribution in [2.45, 2.75) is 6.18 Å². The third-order valence-corrected chi connectivity index (χ3v) is 2.78. The molecule has 2 aromatic rings. The number of alkyl halides is 3. The van der Waals surface area contributed by atoms with Crippen molar-refractivity contribution in [1.82, 2.24) is 10.4 Å². The van der Waals surface area contributed by atoms with Gasteiger partial charge in [-0.25, -0.2) is 15.6 Å². The highest BCUT2D eigenvalue weighted by Gasteiger charge is 2.31. The van der Waals surface area contributed by atoms with Crippen molar-refractivity contribution < 1.29 is 27.5 Å². The summed E-state index contributed by atoms with van der Waals surface area (Å²) in [6.07, 6.45) is -3.21. The smallest absolute Gasteiger partial charge is 0.417 e. The molecule has 7 nitrogen and oxygen atoms in total. The van der Waals surface area contributed by atoms with E-state index in [-0.39, 0.29) is 10.9 Å². The standard InChI is InChI=1S/C13H7ClF3NO2.CH5N3O/c14-11-5-9(13(15,16)17)6-18-12(11)20-10-3-1-8(7-19)2-4-10;2-1(5)4-3/h1-7H;3H2,(H3,2,4,5). The van der Waals surface area contributed by atoms with E-state index in [1.807, 2.05) is 0 Å². The number of pyridine rings is 1. The van der Waals surface area contributed by atoms with Crippen LogP contribution in [0.4, 0.5) is 18.0 Å². The molecule has 25 heavy (non-hydrogen) atoms. The van der Waals surface area contributed by atoms with Gasteiger partial charge in [0, 0.05) is 11.8 Å². The van der Waals surface area contributed by atoms with Crippen molar-refractivity contribution in [2.24, 2.45) is 11.6 Å². The lowest BCUT2D eigenvalue weighted by Crippen LogP contribution is -2.34. The van der Waals surface area contributed by atoms with Gasteiger partial charge in [0.15, 0.2) is 0 Å². The van der Waals surface area contributed by atoms with E-state index in [4.69, 9.17) is 16.3 Å². The van der Waals surface area contributed by atoms with Gasteiger partial charge in [-0.05, 0) is 30.3 Å². The Kier molecular flexibility index (Phi) is 7.15. The third-order valence-electron chi connectivity index (χ3n) is 2.51. The number of rotatable bonds is 3. The van der Waals surface area contributed by atoms with Gasteiger partial charge in [0.2, 0.25) is 5.88 Å². The Labute approximate surface area is 144 Å². The molecule has 1 heterocycles. The predicted molar refractivity (Wildman–Crippen MR) is 83.1 cm³/mol. The van der Waals surface area contributed by atoms with Crippen LogP contribution in [0.5, 0.6) is 11.6 Å². The summed E-state index contributed by atoms with van der Waals surface area (Å²) >= 11 is 5.70. The van der Waals surface area contributed by atoms with Crippen LogP contribution in [0, 0.1) is 0 Å². The lowest BCUT2D eigenvalue weighted by Gasteiger charge is -2.10. The zero-order valence-electron chi connectivity index (χ0n) is 12.4. The number of nitrogens with one attached hydrogen (secondary N) is 1. The highest BCUT2D eigenvalue weighted by atomic mass is 35.5. The molecule has 0 fully saturated rings. The summed E-state index contributed by atoms with van der Waals surface area (Å²) in [5, 5.41) is -0.251. The van der Waals surface area contributed by atoms with Gasteiger partial charge in [0.1, 0.15) is 17.1 Å². The number of carbonyl (C=O) groups is 2. The number of ether oxygens (including phenoxy) is 1. The Balaban J connectivity index is 0.000000550. The lowest BCUT2D eigenvalue weighted by molar-refractivity contribution is -0.137. The number of urea groups is 1. The number of nitrogens with zero attached hydrogens (tertiary/aromatic N) is 1. The van der Waals surface area contributed by atoms with Crippen molar-refractivity contribution in [3.8, 4) is 11.6 Å². The Morgan fingerprint density at radius 3 is 2.24 bits per heavy atom. The van der Waals surface area contributed by atoms with E-state index in [0.717, 1.165) is 6.07 Å². The van der Waals surface area contributed by atoms with Crippen molar-refractivity contribution in [3.05, 3.63) is 52.7 Å². The quantitative estimate of drug-likeness (QED) is 0.329. The average molecular weight is 377 g/mol. The van der Waals surface area contributed by atoms with Gasteiger partial charge in [0.05, 0.1) is 5.56 Å². The molecule has 5 N–H and O–H groups in total. The minimum atomic E-state index is -4.51. The summed E-state index contributed by atoms with van der Waals surface area (Å²) in [4.78, 5) is 23.4. The number of hydrogen-bond donors (Lipinski definition) is 3. The maximum absolute atomic E-state index is 12.4. The number of primary amides is 1. The molecule has 0 saturated heterocycles. The molecule has 0 aliphatic heterocycles. The van der Waals surface area contributed by atoms with E-state index in [0.29, 0.717) is 23.8 Å². The molecule has 2 amide bonds. The van der Waals surface area contributed by atoms with Crippen LogP contribution in [0.3, 0.4) is 0 Å². The lowest BCUT2D eigenvalue weighted by atomic mass is 10.2. The summed E-state index contributed by atoms with van der Waals surface area (Å²) in [6, 6.07) is 5.99. The molecular weight excluding hydrogens is 365 g/mol. The average Bonchev–Trinajstić information content (AvgIpc) is 2.57. The first-order valence-electron chi connectivity index (χ1n) is 6.39. The fourth-order valence-electron chi connectivity index (χ4n) is 1.38. The van der Waals surface area contributed by atoms with Crippen LogP contribution in [0.25, 0.3) is 0 Å². The minimum Gasteiger partial charge on any atom is -0.438 e. The Hall–Kier alpha value is -2.85. The molecule has 0 aliphatic carbocycles. The Bertz CT molecular complexity index is 739. The van der Waals surface area contributed by atoms with Gasteiger partial charge < -0.3 is 10.5 Å². The van der Waals surface area contributed by atoms with Crippen LogP contribution in [0.15, 0.2) is 36.5 Å². The van der Waals surface area contributed by atoms with Crippen LogP contribution in [-0.4, -0.2) is 17.3 Å². The van der Waals surface area contributed by atoms with Crippen molar-refractivity contribution >= 4 is 23.9 Å². The number of halogens is 4. The fourth-order valence-corrected chi connectivity index (χ4v) is 1.59. The normalized spacial score (nSPS) is 10.3. The second kappa shape index (κ2) is 8.85. The molecule has 11 heteroatoms. The number of hydrogen-bond acceptors (Lipinski definition) is 5. The second-order valence-electron chi connectivity index (χ2n) is 4.31. The SMILES string of the molecule is NNC(N)=O.O=Cc1ccc(Oc2ncc(C(F)(F)F)cc2Cl)cc1. The number of aromatic nitrogens is 1. The predicted octanol–water partition coefficient (Wildman–Crippen LogP) is 2.89. The molecular formula is C14H12ClF3N4O3. The van der Waals surface area contributed by atoms with Crippen LogP contribution in [0.1, 0.15) is 15.9 Å². The molecule has 0 aliphatic rings. The van der Waals surface area contributed by atoms with E-state index >= 15 is 0 Å². The number of hydrazine groups is 1. The molecule has 0 atom stereocenters. The molecule has 1 aromatic carbocycles. The topological polar surface area (TPSA) is 120 Å². The van der Waals surface area contributed by atoms with E-state index in [1.165, 1.54) is 24.3 Å². The van der Waals surface area contributed by atoms with Crippen LogP contribution in [-0.2, 0) is 6.18 Å². The number of carbonyl (C=O) groups excluding carboxylic acids is 2. The first-order chi connectivity index (χ1) is 11.7. The minimum absolute atomic E-state index is 0.140. The zero-order valence-corrected chi connectivity index (χ0v) is 13.1. The van der Waals surface area contributed by atoms with Gasteiger partial charge in [-0.15, -0.1) is 0 Å². The molecule has 0 saturated carbocycles. The monoisotopic (exact) mass is 376 g/mol. The molecule has 0 spiro atoms. The highest BCUT2D eigenvalue weighted by molar-refractivity contribution is 6.31. The molecule has 1 aromatic heterocycles. The second-order valence-corrected chi connectivity index (χ2v) is 4.71. The van der Waals surface area contributed by atoms with E-state index in [2.05, 4.69) is 16.6 Å².